The van der Waals surface area contributed by atoms with Crippen LogP contribution < -0.4 is 9.47 Å². The van der Waals surface area contributed by atoms with Crippen LogP contribution in [0.2, 0.25) is 0 Å². The molecule has 2 N–H and O–H groups in total. The molecule has 4 nitrogen and oxygen atoms in total. The molecule has 0 aliphatic carbocycles. The van der Waals surface area contributed by atoms with E-state index in [-0.39, 0.29) is 12.4 Å². The predicted octanol–water partition coefficient (Wildman–Crippen LogP) is 4.43. The fourth-order valence-corrected chi connectivity index (χ4v) is 2.83. The highest BCUT2D eigenvalue weighted by atomic mass is 32.1. The van der Waals surface area contributed by atoms with Crippen LogP contribution in [0.15, 0.2) is 36.4 Å². The summed E-state index contributed by atoms with van der Waals surface area (Å²) in [5.41, 5.74) is 2.28. The van der Waals surface area contributed by atoms with E-state index in [0.29, 0.717) is 17.9 Å². The van der Waals surface area contributed by atoms with Crippen molar-refractivity contribution in [1.29, 1.82) is 0 Å². The molecule has 0 atom stereocenters. The fourth-order valence-electron chi connectivity index (χ4n) is 2.61. The molecule has 0 aliphatic rings. The standard InChI is InChI=1S/C20H26O4S/c1-23-19-13-16(12-17(14-21)20(19)22)15-6-8-18(9-7-15)24-10-4-2-3-5-11-25/h6-9,12-13,21-22,25H,2-5,10-11,14H2,1H3. The van der Waals surface area contributed by atoms with Crippen molar-refractivity contribution in [2.45, 2.75) is 32.3 Å². The van der Waals surface area contributed by atoms with Gasteiger partial charge in [-0.3, -0.25) is 0 Å². The molecular formula is C20H26O4S. The second-order valence-corrected chi connectivity index (χ2v) is 6.30. The van der Waals surface area contributed by atoms with Crippen molar-refractivity contribution in [3.8, 4) is 28.4 Å². The van der Waals surface area contributed by atoms with E-state index in [0.717, 1.165) is 41.9 Å². The van der Waals surface area contributed by atoms with Crippen molar-refractivity contribution in [2.75, 3.05) is 19.5 Å². The van der Waals surface area contributed by atoms with E-state index in [1.165, 1.54) is 13.5 Å². The highest BCUT2D eigenvalue weighted by Gasteiger charge is 2.11. The molecule has 0 radical (unpaired) electrons. The van der Waals surface area contributed by atoms with Crippen LogP contribution in [0.1, 0.15) is 31.2 Å². The Morgan fingerprint density at radius 2 is 1.68 bits per heavy atom. The van der Waals surface area contributed by atoms with Gasteiger partial charge in [-0.25, -0.2) is 0 Å². The topological polar surface area (TPSA) is 58.9 Å². The maximum absolute atomic E-state index is 9.97. The van der Waals surface area contributed by atoms with Crippen LogP contribution >= 0.6 is 12.6 Å². The summed E-state index contributed by atoms with van der Waals surface area (Å²) in [7, 11) is 1.49. The number of phenols is 1. The van der Waals surface area contributed by atoms with Gasteiger partial charge in [-0.05, 0) is 54.0 Å². The second kappa shape index (κ2) is 10.2. The van der Waals surface area contributed by atoms with Gasteiger partial charge in [-0.2, -0.15) is 12.6 Å². The lowest BCUT2D eigenvalue weighted by Gasteiger charge is -2.12. The molecule has 5 heteroatoms. The monoisotopic (exact) mass is 362 g/mol. The minimum Gasteiger partial charge on any atom is -0.504 e. The largest absolute Gasteiger partial charge is 0.504 e. The Kier molecular flexibility index (Phi) is 7.95. The van der Waals surface area contributed by atoms with Crippen LogP contribution in [-0.2, 0) is 6.61 Å². The smallest absolute Gasteiger partial charge is 0.163 e. The molecule has 0 heterocycles. The molecule has 2 aromatic rings. The molecule has 25 heavy (non-hydrogen) atoms. The summed E-state index contributed by atoms with van der Waals surface area (Å²) in [4.78, 5) is 0. The lowest BCUT2D eigenvalue weighted by Crippen LogP contribution is -1.97. The minimum absolute atomic E-state index is 0.0216. The van der Waals surface area contributed by atoms with Crippen LogP contribution in [-0.4, -0.2) is 29.7 Å². The maximum atomic E-state index is 9.97. The van der Waals surface area contributed by atoms with E-state index in [1.54, 1.807) is 12.1 Å². The molecule has 0 bridgehead atoms. The van der Waals surface area contributed by atoms with Gasteiger partial charge < -0.3 is 19.7 Å². The molecular weight excluding hydrogens is 336 g/mol. The zero-order chi connectivity index (χ0) is 18.1. The van der Waals surface area contributed by atoms with E-state index in [2.05, 4.69) is 12.6 Å². The van der Waals surface area contributed by atoms with Gasteiger partial charge in [0, 0.05) is 5.56 Å². The molecule has 0 saturated heterocycles. The summed E-state index contributed by atoms with van der Waals surface area (Å²) < 4.78 is 10.9. The number of benzene rings is 2. The van der Waals surface area contributed by atoms with E-state index < -0.39 is 0 Å². The summed E-state index contributed by atoms with van der Waals surface area (Å²) >= 11 is 4.21. The van der Waals surface area contributed by atoms with Crippen LogP contribution in [0.4, 0.5) is 0 Å². The molecule has 0 aliphatic heterocycles. The quantitative estimate of drug-likeness (QED) is 0.432. The Morgan fingerprint density at radius 1 is 0.960 bits per heavy atom. The van der Waals surface area contributed by atoms with E-state index in [4.69, 9.17) is 9.47 Å². The second-order valence-electron chi connectivity index (χ2n) is 5.86. The SMILES string of the molecule is COc1cc(-c2ccc(OCCCCCCS)cc2)cc(CO)c1O. The summed E-state index contributed by atoms with van der Waals surface area (Å²) in [5.74, 6) is 2.11. The normalized spacial score (nSPS) is 10.7. The first-order chi connectivity index (χ1) is 12.2. The van der Waals surface area contributed by atoms with E-state index >= 15 is 0 Å². The lowest BCUT2D eigenvalue weighted by molar-refractivity contribution is 0.272. The number of unbranched alkanes of at least 4 members (excludes halogenated alkanes) is 3. The Bertz CT molecular complexity index is 630. The summed E-state index contributed by atoms with van der Waals surface area (Å²) in [6.45, 7) is 0.470. The van der Waals surface area contributed by atoms with Gasteiger partial charge >= 0.3 is 0 Å². The first-order valence-electron chi connectivity index (χ1n) is 8.54. The zero-order valence-electron chi connectivity index (χ0n) is 14.6. The van der Waals surface area contributed by atoms with Crippen molar-refractivity contribution in [1.82, 2.24) is 0 Å². The van der Waals surface area contributed by atoms with Crippen molar-refractivity contribution in [3.05, 3.63) is 42.0 Å². The van der Waals surface area contributed by atoms with Crippen LogP contribution in [0, 0.1) is 0 Å². The fraction of sp³-hybridized carbons (Fsp3) is 0.400. The molecule has 0 unspecified atom stereocenters. The van der Waals surface area contributed by atoms with Crippen molar-refractivity contribution < 1.29 is 19.7 Å². The number of hydrogen-bond donors (Lipinski definition) is 3. The number of hydrogen-bond acceptors (Lipinski definition) is 5. The number of methoxy groups -OCH3 is 1. The van der Waals surface area contributed by atoms with Gasteiger partial charge in [0.25, 0.3) is 0 Å². The zero-order valence-corrected chi connectivity index (χ0v) is 15.5. The van der Waals surface area contributed by atoms with Gasteiger partial charge in [0.05, 0.1) is 20.3 Å². The van der Waals surface area contributed by atoms with Crippen LogP contribution in [0.5, 0.6) is 17.2 Å². The van der Waals surface area contributed by atoms with Crippen LogP contribution in [0.25, 0.3) is 11.1 Å². The average molecular weight is 362 g/mol. The molecule has 0 fully saturated rings. The number of aromatic hydroxyl groups is 1. The van der Waals surface area contributed by atoms with Gasteiger partial charge in [-0.1, -0.05) is 25.0 Å². The van der Waals surface area contributed by atoms with Gasteiger partial charge in [0.1, 0.15) is 5.75 Å². The highest BCUT2D eigenvalue weighted by molar-refractivity contribution is 7.80. The molecule has 0 amide bonds. The highest BCUT2D eigenvalue weighted by Crippen LogP contribution is 2.35. The molecule has 2 aromatic carbocycles. The molecule has 0 aromatic heterocycles. The van der Waals surface area contributed by atoms with Gasteiger partial charge in [-0.15, -0.1) is 0 Å². The third kappa shape index (κ3) is 5.58. The Hall–Kier alpha value is -1.85. The summed E-state index contributed by atoms with van der Waals surface area (Å²) in [6, 6.07) is 11.3. The number of ether oxygens (including phenoxy) is 2. The van der Waals surface area contributed by atoms with E-state index in [9.17, 15) is 10.2 Å². The Labute approximate surface area is 154 Å². The first kappa shape index (κ1) is 19.5. The third-order valence-electron chi connectivity index (χ3n) is 4.05. The number of thiol groups is 1. The Morgan fingerprint density at radius 3 is 2.32 bits per heavy atom. The molecule has 0 saturated carbocycles. The van der Waals surface area contributed by atoms with Gasteiger partial charge in [0.15, 0.2) is 11.5 Å². The number of aliphatic hydroxyl groups is 1. The average Bonchev–Trinajstić information content (AvgIpc) is 2.65. The lowest BCUT2D eigenvalue weighted by atomic mass is 10.0. The Balaban J connectivity index is 2.00. The van der Waals surface area contributed by atoms with Gasteiger partial charge in [0.2, 0.25) is 0 Å². The predicted molar refractivity (Wildman–Crippen MR) is 104 cm³/mol. The molecule has 136 valence electrons. The number of rotatable bonds is 10. The van der Waals surface area contributed by atoms with Crippen molar-refractivity contribution in [2.24, 2.45) is 0 Å². The summed E-state index contributed by atoms with van der Waals surface area (Å²) in [6.07, 6.45) is 4.56. The molecule has 2 rings (SSSR count). The maximum Gasteiger partial charge on any atom is 0.163 e. The third-order valence-corrected chi connectivity index (χ3v) is 4.37. The number of aliphatic hydroxyl groups excluding tert-OH is 1. The van der Waals surface area contributed by atoms with E-state index in [1.807, 2.05) is 24.3 Å². The van der Waals surface area contributed by atoms with Crippen molar-refractivity contribution in [3.63, 3.8) is 0 Å². The minimum atomic E-state index is -0.246. The van der Waals surface area contributed by atoms with Crippen molar-refractivity contribution >= 4 is 12.6 Å². The van der Waals surface area contributed by atoms with Crippen LogP contribution in [0.3, 0.4) is 0 Å². The molecule has 0 spiro atoms. The summed E-state index contributed by atoms with van der Waals surface area (Å²) in [5, 5.41) is 19.4. The first-order valence-corrected chi connectivity index (χ1v) is 9.17.